The number of rotatable bonds is 4. The van der Waals surface area contributed by atoms with Crippen molar-refractivity contribution in [3.8, 4) is 0 Å². The van der Waals surface area contributed by atoms with Crippen LogP contribution in [0.3, 0.4) is 0 Å². The lowest BCUT2D eigenvalue weighted by molar-refractivity contribution is 0.334. The molecule has 2 aromatic rings. The molecule has 1 aromatic heterocycles. The topological polar surface area (TPSA) is 67.6 Å². The Bertz CT molecular complexity index is 747. The summed E-state index contributed by atoms with van der Waals surface area (Å²) in [6, 6.07) is 12.3. The number of nitrogens with two attached hydrogens (primary N) is 2. The van der Waals surface area contributed by atoms with Crippen molar-refractivity contribution >= 4 is 23.2 Å². The van der Waals surface area contributed by atoms with Gasteiger partial charge in [-0.15, -0.1) is 11.3 Å². The molecule has 4 N–H and O–H groups in total. The molecule has 0 bridgehead atoms. The van der Waals surface area contributed by atoms with Crippen molar-refractivity contribution in [1.82, 2.24) is 4.90 Å². The second-order valence-corrected chi connectivity index (χ2v) is 8.14. The van der Waals surface area contributed by atoms with Crippen molar-refractivity contribution in [2.75, 3.05) is 13.1 Å². The highest BCUT2D eigenvalue weighted by Gasteiger charge is 2.38. The number of hydrogen-bond donors (Lipinski definition) is 2. The average molecular weight is 340 g/mol. The summed E-state index contributed by atoms with van der Waals surface area (Å²) >= 11 is 1.87. The van der Waals surface area contributed by atoms with Crippen LogP contribution in [0, 0.1) is 0 Å². The fourth-order valence-corrected chi connectivity index (χ4v) is 4.88. The minimum Gasteiger partial charge on any atom is -0.321 e. The van der Waals surface area contributed by atoms with Crippen LogP contribution in [0.25, 0.3) is 0 Å². The Morgan fingerprint density at radius 2 is 1.88 bits per heavy atom. The number of para-hydroxylation sites is 1. The fraction of sp³-hybridized carbons (Fsp3) is 0.421. The molecular weight excluding hydrogens is 316 g/mol. The van der Waals surface area contributed by atoms with E-state index in [9.17, 15) is 0 Å². The summed E-state index contributed by atoms with van der Waals surface area (Å²) in [7, 11) is 0. The van der Waals surface area contributed by atoms with Gasteiger partial charge in [0, 0.05) is 28.9 Å². The van der Waals surface area contributed by atoms with Gasteiger partial charge in [-0.1, -0.05) is 18.2 Å². The van der Waals surface area contributed by atoms with Crippen molar-refractivity contribution in [1.29, 1.82) is 0 Å². The van der Waals surface area contributed by atoms with Gasteiger partial charge in [0.15, 0.2) is 0 Å². The molecule has 1 saturated heterocycles. The Kier molecular flexibility index (Phi) is 4.26. The molecule has 0 saturated carbocycles. The van der Waals surface area contributed by atoms with Gasteiger partial charge >= 0.3 is 0 Å². The van der Waals surface area contributed by atoms with Crippen molar-refractivity contribution in [3.63, 3.8) is 0 Å². The largest absolute Gasteiger partial charge is 0.321 e. The third-order valence-corrected chi connectivity index (χ3v) is 6.21. The zero-order valence-electron chi connectivity index (χ0n) is 13.8. The van der Waals surface area contributed by atoms with Crippen LogP contribution in [-0.4, -0.2) is 30.2 Å². The summed E-state index contributed by atoms with van der Waals surface area (Å²) in [6.45, 7) is 3.51. The molecule has 5 heteroatoms. The lowest BCUT2D eigenvalue weighted by Gasteiger charge is -2.37. The first-order chi connectivity index (χ1) is 11.6. The number of nitrogens with zero attached hydrogens (tertiary/aromatic N) is 2. The Hall–Kier alpha value is -1.53. The van der Waals surface area contributed by atoms with E-state index in [1.807, 2.05) is 29.5 Å². The smallest absolute Gasteiger partial charge is 0.0684 e. The molecule has 24 heavy (non-hydrogen) atoms. The van der Waals surface area contributed by atoms with Crippen molar-refractivity contribution < 1.29 is 0 Å². The SMILES string of the molecule is NC1C=Nc2ccccc2C1(N)Cc1ccc(CN2CCCC2)s1. The first kappa shape index (κ1) is 16.0. The molecule has 1 aromatic carbocycles. The van der Waals surface area contributed by atoms with E-state index in [2.05, 4.69) is 28.1 Å². The Morgan fingerprint density at radius 3 is 2.71 bits per heavy atom. The monoisotopic (exact) mass is 340 g/mol. The van der Waals surface area contributed by atoms with Crippen LogP contribution < -0.4 is 11.5 Å². The van der Waals surface area contributed by atoms with E-state index in [0.717, 1.165) is 24.2 Å². The van der Waals surface area contributed by atoms with Gasteiger partial charge in [-0.05, 0) is 49.7 Å². The standard InChI is InChI=1S/C19H24N4S/c20-18-12-22-17-6-2-1-5-16(17)19(18,21)11-14-7-8-15(24-14)13-23-9-3-4-10-23/h1-2,5-8,12,18H,3-4,9-11,13,20-21H2. The van der Waals surface area contributed by atoms with Crippen LogP contribution in [0.5, 0.6) is 0 Å². The van der Waals surface area contributed by atoms with Crippen LogP contribution >= 0.6 is 11.3 Å². The van der Waals surface area contributed by atoms with E-state index in [0.29, 0.717) is 0 Å². The summed E-state index contributed by atoms with van der Waals surface area (Å²) < 4.78 is 0. The highest BCUT2D eigenvalue weighted by atomic mass is 32.1. The second kappa shape index (κ2) is 6.41. The van der Waals surface area contributed by atoms with Gasteiger partial charge in [-0.3, -0.25) is 9.89 Å². The van der Waals surface area contributed by atoms with Gasteiger partial charge in [0.1, 0.15) is 0 Å². The number of thiophene rings is 1. The third kappa shape index (κ3) is 2.93. The van der Waals surface area contributed by atoms with Crippen LogP contribution in [0.4, 0.5) is 5.69 Å². The van der Waals surface area contributed by atoms with E-state index in [1.54, 1.807) is 6.21 Å². The first-order valence-corrected chi connectivity index (χ1v) is 9.45. The van der Waals surface area contributed by atoms with Crippen LogP contribution in [0.15, 0.2) is 41.4 Å². The molecule has 126 valence electrons. The van der Waals surface area contributed by atoms with Crippen LogP contribution in [-0.2, 0) is 18.5 Å². The molecule has 2 aliphatic rings. The van der Waals surface area contributed by atoms with Gasteiger partial charge in [0.25, 0.3) is 0 Å². The van der Waals surface area contributed by atoms with Crippen molar-refractivity contribution in [3.05, 3.63) is 51.7 Å². The predicted octanol–water partition coefficient (Wildman–Crippen LogP) is 2.78. The zero-order valence-corrected chi connectivity index (χ0v) is 14.6. The van der Waals surface area contributed by atoms with E-state index in [-0.39, 0.29) is 6.04 Å². The number of benzene rings is 1. The lowest BCUT2D eigenvalue weighted by Crippen LogP contribution is -2.56. The van der Waals surface area contributed by atoms with Gasteiger partial charge in [-0.25, -0.2) is 0 Å². The first-order valence-electron chi connectivity index (χ1n) is 8.63. The summed E-state index contributed by atoms with van der Waals surface area (Å²) in [4.78, 5) is 9.70. The third-order valence-electron chi connectivity index (χ3n) is 5.14. The summed E-state index contributed by atoms with van der Waals surface area (Å²) in [5.74, 6) is 0. The summed E-state index contributed by atoms with van der Waals surface area (Å²) in [5, 5.41) is 0. The molecule has 2 aliphatic heterocycles. The van der Waals surface area contributed by atoms with E-state index < -0.39 is 5.54 Å². The minimum atomic E-state index is -0.589. The summed E-state index contributed by atoms with van der Waals surface area (Å²) in [5.41, 5.74) is 14.5. The van der Waals surface area contributed by atoms with Crippen LogP contribution in [0.2, 0.25) is 0 Å². The summed E-state index contributed by atoms with van der Waals surface area (Å²) in [6.07, 6.45) is 5.20. The highest BCUT2D eigenvalue weighted by molar-refractivity contribution is 7.12. The number of fused-ring (bicyclic) bond motifs is 1. The molecule has 1 fully saturated rings. The molecular formula is C19H24N4S. The maximum atomic E-state index is 6.80. The average Bonchev–Trinajstić information content (AvgIpc) is 3.24. The molecule has 2 atom stereocenters. The molecule has 4 rings (SSSR count). The molecule has 3 heterocycles. The fourth-order valence-electron chi connectivity index (χ4n) is 3.72. The normalized spacial score (nSPS) is 26.7. The van der Waals surface area contributed by atoms with Gasteiger partial charge < -0.3 is 11.5 Å². The van der Waals surface area contributed by atoms with Crippen molar-refractivity contribution in [2.24, 2.45) is 16.5 Å². The molecule has 0 aliphatic carbocycles. The van der Waals surface area contributed by atoms with Crippen molar-refractivity contribution in [2.45, 2.75) is 37.4 Å². The Balaban J connectivity index is 1.55. The molecule has 0 amide bonds. The zero-order chi connectivity index (χ0) is 16.6. The Morgan fingerprint density at radius 1 is 1.12 bits per heavy atom. The van der Waals surface area contributed by atoms with Gasteiger partial charge in [-0.2, -0.15) is 0 Å². The Labute approximate surface area is 147 Å². The highest BCUT2D eigenvalue weighted by Crippen LogP contribution is 2.37. The quantitative estimate of drug-likeness (QED) is 0.899. The van der Waals surface area contributed by atoms with Crippen LogP contribution in [0.1, 0.15) is 28.2 Å². The molecule has 2 unspecified atom stereocenters. The lowest BCUT2D eigenvalue weighted by atomic mass is 9.79. The van der Waals surface area contributed by atoms with Gasteiger partial charge in [0.2, 0.25) is 0 Å². The maximum Gasteiger partial charge on any atom is 0.0684 e. The molecule has 4 nitrogen and oxygen atoms in total. The van der Waals surface area contributed by atoms with E-state index >= 15 is 0 Å². The van der Waals surface area contributed by atoms with Gasteiger partial charge in [0.05, 0.1) is 17.3 Å². The second-order valence-electron chi connectivity index (χ2n) is 6.89. The minimum absolute atomic E-state index is 0.267. The predicted molar refractivity (Wildman–Crippen MR) is 101 cm³/mol. The molecule has 0 radical (unpaired) electrons. The number of aliphatic imine (C=N–C) groups is 1. The van der Waals surface area contributed by atoms with E-state index in [4.69, 9.17) is 11.5 Å². The molecule has 0 spiro atoms. The number of hydrogen-bond acceptors (Lipinski definition) is 5. The van der Waals surface area contributed by atoms with E-state index in [1.165, 1.54) is 35.7 Å². The number of likely N-dealkylation sites (tertiary alicyclic amines) is 1. The maximum absolute atomic E-state index is 6.80.